The van der Waals surface area contributed by atoms with E-state index in [0.29, 0.717) is 0 Å². The summed E-state index contributed by atoms with van der Waals surface area (Å²) in [5, 5.41) is 1.95. The molecule has 1 amide bonds. The average Bonchev–Trinajstić information content (AvgIpc) is 2.02. The highest BCUT2D eigenvalue weighted by Gasteiger charge is 2.13. The van der Waals surface area contributed by atoms with Gasteiger partial charge in [0.2, 0.25) is 0 Å². The molecular formula is C10H17NOS. The monoisotopic (exact) mass is 200 g/mol. The van der Waals surface area contributed by atoms with Crippen LogP contribution < -0.4 is 5.32 Å². The van der Waals surface area contributed by atoms with Gasteiger partial charge in [-0.25, -0.2) is 0 Å². The molecule has 74 valence electrons. The molecule has 1 aliphatic rings. The lowest BCUT2D eigenvalue weighted by atomic mass is 10.1. The van der Waals surface area contributed by atoms with Crippen LogP contribution in [0.25, 0.3) is 0 Å². The van der Waals surface area contributed by atoms with Crippen molar-refractivity contribution in [1.82, 2.24) is 5.32 Å². The summed E-state index contributed by atoms with van der Waals surface area (Å²) in [6.07, 6.45) is 6.63. The molecule has 13 heavy (non-hydrogen) atoms. The Kier molecular flexibility index (Phi) is 3.74. The second-order valence-corrected chi connectivity index (χ2v) is 4.55. The van der Waals surface area contributed by atoms with Gasteiger partial charge in [0.15, 0.2) is 0 Å². The second kappa shape index (κ2) is 5.32. The van der Waals surface area contributed by atoms with Gasteiger partial charge in [-0.3, -0.25) is 4.79 Å². The van der Waals surface area contributed by atoms with Crippen molar-refractivity contribution in [2.24, 2.45) is 0 Å². The van der Waals surface area contributed by atoms with E-state index in [2.05, 4.69) is 5.32 Å². The van der Waals surface area contributed by atoms with Gasteiger partial charge in [-0.2, -0.15) is 0 Å². The molecule has 0 saturated carbocycles. The molecular weight excluding hydrogens is 182 g/mol. The summed E-state index contributed by atoms with van der Waals surface area (Å²) in [6.45, 7) is 3.84. The number of hydrogen-bond donors (Lipinski definition) is 1. The molecule has 0 bridgehead atoms. The van der Waals surface area contributed by atoms with Gasteiger partial charge in [0.25, 0.3) is 5.24 Å². The molecule has 1 N–H and O–H groups in total. The van der Waals surface area contributed by atoms with Crippen molar-refractivity contribution in [1.29, 1.82) is 0 Å². The van der Waals surface area contributed by atoms with E-state index in [1.165, 1.54) is 0 Å². The van der Waals surface area contributed by atoms with Crippen LogP contribution in [0.1, 0.15) is 34.5 Å². The van der Waals surface area contributed by atoms with Crippen LogP contribution in [0.4, 0.5) is 4.79 Å². The third kappa shape index (κ3) is 4.36. The Hall–Kier alpha value is -0.440. The van der Waals surface area contributed by atoms with Gasteiger partial charge < -0.3 is 5.32 Å². The molecule has 0 aromatic heterocycles. The summed E-state index contributed by atoms with van der Waals surface area (Å²) in [5.74, 6) is 0. The van der Waals surface area contributed by atoms with Gasteiger partial charge in [0.05, 0.1) is 0 Å². The molecule has 3 heteroatoms. The highest BCUT2D eigenvalue weighted by atomic mass is 32.2. The molecule has 0 fully saturated rings. The molecule has 1 atom stereocenters. The molecule has 0 spiro atoms. The van der Waals surface area contributed by atoms with Crippen molar-refractivity contribution in [2.45, 2.75) is 44.4 Å². The molecule has 1 aliphatic carbocycles. The number of rotatable bonds is 2. The lowest BCUT2D eigenvalue weighted by Gasteiger charge is -2.15. The largest absolute Gasteiger partial charge is 0.345 e. The summed E-state index contributed by atoms with van der Waals surface area (Å²) in [5.41, 5.74) is 0. The Morgan fingerprint density at radius 3 is 3.08 bits per heavy atom. The maximum Gasteiger partial charge on any atom is 0.279 e. The molecule has 0 aromatic carbocycles. The molecule has 0 saturated heterocycles. The maximum atomic E-state index is 11.4. The standard InChI is InChI=1S/C10H17NOS/c1-8(2)11-10(12)13-9-6-4-3-5-7-9/h4,6,8-9H,3,5,7H2,1-2H3,(H,11,12)/t9-/m0/s1/i9D. The quantitative estimate of drug-likeness (QED) is 0.694. The highest BCUT2D eigenvalue weighted by Crippen LogP contribution is 2.23. The smallest absolute Gasteiger partial charge is 0.279 e. The Labute approximate surface area is 85.6 Å². The van der Waals surface area contributed by atoms with Crippen LogP contribution in [0.2, 0.25) is 0 Å². The fourth-order valence-electron chi connectivity index (χ4n) is 1.16. The van der Waals surface area contributed by atoms with Crippen LogP contribution in [0.3, 0.4) is 0 Å². The van der Waals surface area contributed by atoms with Gasteiger partial charge in [0, 0.05) is 12.6 Å². The Morgan fingerprint density at radius 1 is 1.77 bits per heavy atom. The Bertz CT molecular complexity index is 242. The minimum absolute atomic E-state index is 0.0958. The van der Waals surface area contributed by atoms with E-state index in [9.17, 15) is 4.79 Å². The summed E-state index contributed by atoms with van der Waals surface area (Å²) in [6, 6.07) is 0.145. The third-order valence-corrected chi connectivity index (χ3v) is 2.63. The van der Waals surface area contributed by atoms with E-state index in [4.69, 9.17) is 1.37 Å². The first kappa shape index (κ1) is 9.13. The zero-order valence-corrected chi connectivity index (χ0v) is 8.99. The molecule has 0 unspecified atom stereocenters. The van der Waals surface area contributed by atoms with Crippen molar-refractivity contribution in [3.05, 3.63) is 12.2 Å². The lowest BCUT2D eigenvalue weighted by Crippen LogP contribution is -2.28. The maximum absolute atomic E-state index is 11.4. The van der Waals surface area contributed by atoms with Crippen LogP contribution in [0, 0.1) is 0 Å². The number of carbonyl (C=O) groups excluding carboxylic acids is 1. The molecule has 0 aliphatic heterocycles. The molecule has 0 radical (unpaired) electrons. The normalized spacial score (nSPS) is 28.7. The van der Waals surface area contributed by atoms with Crippen molar-refractivity contribution in [3.8, 4) is 0 Å². The van der Waals surface area contributed by atoms with Crippen molar-refractivity contribution < 1.29 is 6.17 Å². The van der Waals surface area contributed by atoms with Crippen LogP contribution >= 0.6 is 11.8 Å². The Balaban J connectivity index is 2.45. The van der Waals surface area contributed by atoms with Crippen LogP contribution in [0.5, 0.6) is 0 Å². The van der Waals surface area contributed by atoms with Gasteiger partial charge in [-0.05, 0) is 33.1 Å². The van der Waals surface area contributed by atoms with Crippen molar-refractivity contribution in [3.63, 3.8) is 0 Å². The zero-order valence-electron chi connectivity index (χ0n) is 9.17. The van der Waals surface area contributed by atoms with Gasteiger partial charge in [0.1, 0.15) is 0 Å². The van der Waals surface area contributed by atoms with Crippen LogP contribution in [-0.2, 0) is 0 Å². The summed E-state index contributed by atoms with van der Waals surface area (Å²) >= 11 is 1.08. The van der Waals surface area contributed by atoms with Gasteiger partial charge in [-0.15, -0.1) is 0 Å². The number of amides is 1. The van der Waals surface area contributed by atoms with E-state index < -0.39 is 5.23 Å². The van der Waals surface area contributed by atoms with Gasteiger partial charge in [-0.1, -0.05) is 23.9 Å². The van der Waals surface area contributed by atoms with Crippen LogP contribution in [0.15, 0.2) is 12.2 Å². The first-order valence-corrected chi connectivity index (χ1v) is 5.51. The summed E-state index contributed by atoms with van der Waals surface area (Å²) in [4.78, 5) is 11.4. The van der Waals surface area contributed by atoms with E-state index >= 15 is 0 Å². The zero-order chi connectivity index (χ0) is 10.6. The fourth-order valence-corrected chi connectivity index (χ4v) is 2.10. The van der Waals surface area contributed by atoms with E-state index in [-0.39, 0.29) is 11.3 Å². The molecule has 2 nitrogen and oxygen atoms in total. The number of hydrogen-bond acceptors (Lipinski definition) is 2. The number of carbonyl (C=O) groups is 1. The van der Waals surface area contributed by atoms with E-state index in [0.717, 1.165) is 31.0 Å². The highest BCUT2D eigenvalue weighted by molar-refractivity contribution is 8.14. The minimum atomic E-state index is -0.739. The predicted octanol–water partition coefficient (Wildman–Crippen LogP) is 2.95. The fraction of sp³-hybridized carbons (Fsp3) is 0.700. The summed E-state index contributed by atoms with van der Waals surface area (Å²) in [7, 11) is 0. The molecule has 0 aromatic rings. The van der Waals surface area contributed by atoms with Crippen LogP contribution in [-0.4, -0.2) is 16.5 Å². The first-order valence-electron chi connectivity index (χ1n) is 5.19. The second-order valence-electron chi connectivity index (χ2n) is 3.45. The Morgan fingerprint density at radius 2 is 2.54 bits per heavy atom. The minimum Gasteiger partial charge on any atom is -0.345 e. The van der Waals surface area contributed by atoms with E-state index in [1.54, 1.807) is 0 Å². The number of allylic oxidation sites excluding steroid dienone is 1. The average molecular weight is 200 g/mol. The number of nitrogens with one attached hydrogen (secondary N) is 1. The topological polar surface area (TPSA) is 29.1 Å². The molecule has 1 rings (SSSR count). The SMILES string of the molecule is [2H][C@]1(SC(=O)NC(C)C)C=CCCC1. The number of thioether (sulfide) groups is 1. The third-order valence-electron chi connectivity index (χ3n) is 1.73. The first-order chi connectivity index (χ1) is 6.52. The molecule has 0 heterocycles. The van der Waals surface area contributed by atoms with Crippen molar-refractivity contribution >= 4 is 17.0 Å². The predicted molar refractivity (Wildman–Crippen MR) is 58.0 cm³/mol. The lowest BCUT2D eigenvalue weighted by molar-refractivity contribution is 0.258. The van der Waals surface area contributed by atoms with Gasteiger partial charge >= 0.3 is 0 Å². The van der Waals surface area contributed by atoms with E-state index in [1.807, 2.05) is 26.0 Å². The van der Waals surface area contributed by atoms with Crippen molar-refractivity contribution in [2.75, 3.05) is 0 Å². The summed E-state index contributed by atoms with van der Waals surface area (Å²) < 4.78 is 8.01.